The van der Waals surface area contributed by atoms with Crippen LogP contribution >= 0.6 is 15.9 Å². The van der Waals surface area contributed by atoms with Crippen molar-refractivity contribution < 1.29 is 5.11 Å². The third-order valence-electron chi connectivity index (χ3n) is 2.64. The summed E-state index contributed by atoms with van der Waals surface area (Å²) in [5, 5.41) is 12.3. The number of halogens is 1. The summed E-state index contributed by atoms with van der Waals surface area (Å²) < 4.78 is 0.972. The first-order valence-corrected chi connectivity index (χ1v) is 5.99. The van der Waals surface area contributed by atoms with Crippen LogP contribution in [0.5, 0.6) is 0 Å². The molecule has 0 fully saturated rings. The van der Waals surface area contributed by atoms with Crippen LogP contribution in [0.3, 0.4) is 0 Å². The molecule has 0 aliphatic carbocycles. The van der Waals surface area contributed by atoms with Crippen LogP contribution in [-0.4, -0.2) is 5.11 Å². The standard InChI is InChI=1S/C14H13BrO/c1-2-5-13(16)12-9-8-10-6-3-4-7-11(10)14(12)15/h2-4,6-9,13,16H,1,5H2. The fourth-order valence-electron chi connectivity index (χ4n) is 1.79. The SMILES string of the molecule is C=CCC(O)c1ccc2ccccc2c1Br. The highest BCUT2D eigenvalue weighted by Crippen LogP contribution is 2.32. The van der Waals surface area contributed by atoms with E-state index in [0.717, 1.165) is 15.4 Å². The van der Waals surface area contributed by atoms with E-state index in [9.17, 15) is 5.11 Å². The van der Waals surface area contributed by atoms with E-state index in [1.807, 2.05) is 30.3 Å². The number of benzene rings is 2. The van der Waals surface area contributed by atoms with E-state index in [-0.39, 0.29) is 0 Å². The van der Waals surface area contributed by atoms with Gasteiger partial charge in [-0.1, -0.05) is 42.5 Å². The molecule has 16 heavy (non-hydrogen) atoms. The molecule has 1 N–H and O–H groups in total. The smallest absolute Gasteiger partial charge is 0.0835 e. The summed E-state index contributed by atoms with van der Waals surface area (Å²) in [6.45, 7) is 3.64. The first kappa shape index (κ1) is 11.4. The van der Waals surface area contributed by atoms with Gasteiger partial charge in [0.2, 0.25) is 0 Å². The largest absolute Gasteiger partial charge is 0.388 e. The van der Waals surface area contributed by atoms with Gasteiger partial charge in [0.15, 0.2) is 0 Å². The molecule has 0 saturated heterocycles. The molecular formula is C14H13BrO. The Kier molecular flexibility index (Phi) is 3.42. The highest BCUT2D eigenvalue weighted by Gasteiger charge is 2.11. The van der Waals surface area contributed by atoms with Gasteiger partial charge < -0.3 is 5.11 Å². The average Bonchev–Trinajstić information content (AvgIpc) is 2.30. The average molecular weight is 277 g/mol. The van der Waals surface area contributed by atoms with Gasteiger partial charge in [-0.15, -0.1) is 6.58 Å². The van der Waals surface area contributed by atoms with Crippen molar-refractivity contribution in [3.8, 4) is 0 Å². The Labute approximate surface area is 104 Å². The third-order valence-corrected chi connectivity index (χ3v) is 3.53. The van der Waals surface area contributed by atoms with Crippen LogP contribution in [0.4, 0.5) is 0 Å². The second-order valence-corrected chi connectivity index (χ2v) is 4.52. The van der Waals surface area contributed by atoms with E-state index < -0.39 is 6.10 Å². The van der Waals surface area contributed by atoms with Crippen molar-refractivity contribution in [2.24, 2.45) is 0 Å². The van der Waals surface area contributed by atoms with Gasteiger partial charge in [0.05, 0.1) is 6.10 Å². The Balaban J connectivity index is 2.56. The summed E-state index contributed by atoms with van der Waals surface area (Å²) in [4.78, 5) is 0. The number of rotatable bonds is 3. The molecule has 0 aromatic heterocycles. The normalized spacial score (nSPS) is 12.6. The second-order valence-electron chi connectivity index (χ2n) is 3.73. The van der Waals surface area contributed by atoms with Crippen molar-refractivity contribution in [1.82, 2.24) is 0 Å². The maximum Gasteiger partial charge on any atom is 0.0835 e. The van der Waals surface area contributed by atoms with E-state index in [1.165, 1.54) is 5.39 Å². The van der Waals surface area contributed by atoms with Gasteiger partial charge in [-0.25, -0.2) is 0 Å². The number of aliphatic hydroxyl groups excluding tert-OH is 1. The van der Waals surface area contributed by atoms with Gasteiger partial charge in [-0.2, -0.15) is 0 Å². The lowest BCUT2D eigenvalue weighted by Crippen LogP contribution is -1.97. The number of hydrogen-bond donors (Lipinski definition) is 1. The zero-order valence-corrected chi connectivity index (χ0v) is 10.4. The van der Waals surface area contributed by atoms with Gasteiger partial charge in [-0.05, 0) is 38.7 Å². The minimum absolute atomic E-state index is 0.489. The molecule has 1 nitrogen and oxygen atoms in total. The van der Waals surface area contributed by atoms with Crippen molar-refractivity contribution in [2.45, 2.75) is 12.5 Å². The zero-order chi connectivity index (χ0) is 11.5. The molecule has 0 aliphatic heterocycles. The van der Waals surface area contributed by atoms with Crippen LogP contribution in [0.2, 0.25) is 0 Å². The van der Waals surface area contributed by atoms with Crippen LogP contribution in [0, 0.1) is 0 Å². The fourth-order valence-corrected chi connectivity index (χ4v) is 2.55. The van der Waals surface area contributed by atoms with Crippen LogP contribution in [0.25, 0.3) is 10.8 Å². The van der Waals surface area contributed by atoms with Gasteiger partial charge in [-0.3, -0.25) is 0 Å². The summed E-state index contributed by atoms with van der Waals surface area (Å²) >= 11 is 3.56. The Morgan fingerprint density at radius 1 is 1.25 bits per heavy atom. The monoisotopic (exact) mass is 276 g/mol. The molecule has 1 atom stereocenters. The molecule has 0 amide bonds. The zero-order valence-electron chi connectivity index (χ0n) is 8.86. The number of hydrogen-bond acceptors (Lipinski definition) is 1. The Morgan fingerprint density at radius 3 is 2.75 bits per heavy atom. The first-order chi connectivity index (χ1) is 7.74. The van der Waals surface area contributed by atoms with E-state index in [4.69, 9.17) is 0 Å². The molecule has 0 heterocycles. The summed E-state index contributed by atoms with van der Waals surface area (Å²) in [7, 11) is 0. The maximum absolute atomic E-state index is 9.96. The summed E-state index contributed by atoms with van der Waals surface area (Å²) in [5.74, 6) is 0. The van der Waals surface area contributed by atoms with Crippen molar-refractivity contribution in [3.63, 3.8) is 0 Å². The molecule has 2 aromatic carbocycles. The molecule has 82 valence electrons. The molecule has 0 saturated carbocycles. The summed E-state index contributed by atoms with van der Waals surface area (Å²) in [6.07, 6.45) is 1.81. The summed E-state index contributed by atoms with van der Waals surface area (Å²) in [5.41, 5.74) is 0.915. The quantitative estimate of drug-likeness (QED) is 0.833. The highest BCUT2D eigenvalue weighted by atomic mass is 79.9. The van der Waals surface area contributed by atoms with Crippen LogP contribution in [-0.2, 0) is 0 Å². The molecule has 0 radical (unpaired) electrons. The van der Waals surface area contributed by atoms with Gasteiger partial charge in [0.25, 0.3) is 0 Å². The van der Waals surface area contributed by atoms with Crippen molar-refractivity contribution in [1.29, 1.82) is 0 Å². The Hall–Kier alpha value is -1.12. The third kappa shape index (κ3) is 2.04. The minimum atomic E-state index is -0.489. The molecule has 2 heteroatoms. The van der Waals surface area contributed by atoms with Gasteiger partial charge >= 0.3 is 0 Å². The van der Waals surface area contributed by atoms with Crippen LogP contribution < -0.4 is 0 Å². The Morgan fingerprint density at radius 2 is 2.00 bits per heavy atom. The highest BCUT2D eigenvalue weighted by molar-refractivity contribution is 9.10. The lowest BCUT2D eigenvalue weighted by atomic mass is 10.0. The predicted molar refractivity (Wildman–Crippen MR) is 71.4 cm³/mol. The van der Waals surface area contributed by atoms with Gasteiger partial charge in [0.1, 0.15) is 0 Å². The molecule has 2 rings (SSSR count). The number of aliphatic hydroxyl groups is 1. The van der Waals surface area contributed by atoms with E-state index in [1.54, 1.807) is 6.08 Å². The minimum Gasteiger partial charge on any atom is -0.388 e. The van der Waals surface area contributed by atoms with Crippen LogP contribution in [0.15, 0.2) is 53.5 Å². The van der Waals surface area contributed by atoms with Crippen molar-refractivity contribution >= 4 is 26.7 Å². The molecule has 0 bridgehead atoms. The van der Waals surface area contributed by atoms with Gasteiger partial charge in [0, 0.05) is 4.47 Å². The fraction of sp³-hybridized carbons (Fsp3) is 0.143. The van der Waals surface area contributed by atoms with E-state index in [0.29, 0.717) is 6.42 Å². The topological polar surface area (TPSA) is 20.2 Å². The molecule has 1 unspecified atom stereocenters. The number of fused-ring (bicyclic) bond motifs is 1. The predicted octanol–water partition coefficient (Wildman–Crippen LogP) is 4.21. The molecular weight excluding hydrogens is 264 g/mol. The lowest BCUT2D eigenvalue weighted by molar-refractivity contribution is 0.181. The first-order valence-electron chi connectivity index (χ1n) is 5.20. The summed E-state index contributed by atoms with van der Waals surface area (Å²) in [6, 6.07) is 12.1. The van der Waals surface area contributed by atoms with Crippen LogP contribution in [0.1, 0.15) is 18.1 Å². The van der Waals surface area contributed by atoms with E-state index >= 15 is 0 Å². The second kappa shape index (κ2) is 4.81. The Bertz CT molecular complexity index is 519. The van der Waals surface area contributed by atoms with Crippen molar-refractivity contribution in [2.75, 3.05) is 0 Å². The molecule has 2 aromatic rings. The molecule has 0 spiro atoms. The van der Waals surface area contributed by atoms with E-state index in [2.05, 4.69) is 28.6 Å². The molecule has 0 aliphatic rings. The lowest BCUT2D eigenvalue weighted by Gasteiger charge is -2.12. The maximum atomic E-state index is 9.96. The van der Waals surface area contributed by atoms with Crippen molar-refractivity contribution in [3.05, 3.63) is 59.1 Å².